The molecule has 1 heterocycles. The zero-order valence-corrected chi connectivity index (χ0v) is 6.41. The number of ether oxygens (including phenoxy) is 1. The first-order valence-electron chi connectivity index (χ1n) is 3.40. The fourth-order valence-electron chi connectivity index (χ4n) is 0.633. The molecule has 0 radical (unpaired) electrons. The van der Waals surface area contributed by atoms with Gasteiger partial charge in [-0.05, 0) is 6.92 Å². The summed E-state index contributed by atoms with van der Waals surface area (Å²) in [4.78, 5) is 0. The number of nitrogens with two attached hydrogens (primary N) is 1. The van der Waals surface area contributed by atoms with E-state index in [1.54, 1.807) is 0 Å². The van der Waals surface area contributed by atoms with Crippen LogP contribution in [0.25, 0.3) is 0 Å². The maximum atomic E-state index is 5.22. The van der Waals surface area contributed by atoms with Gasteiger partial charge in [0, 0.05) is 6.54 Å². The van der Waals surface area contributed by atoms with Crippen molar-refractivity contribution in [3.05, 3.63) is 11.4 Å². The van der Waals surface area contributed by atoms with Crippen molar-refractivity contribution >= 4 is 0 Å². The van der Waals surface area contributed by atoms with E-state index in [4.69, 9.17) is 10.5 Å². The molecule has 1 rings (SSSR count). The number of nitrogens with zero attached hydrogens (tertiary/aromatic N) is 2. The van der Waals surface area contributed by atoms with Gasteiger partial charge in [0.1, 0.15) is 11.4 Å². The lowest BCUT2D eigenvalue weighted by Crippen LogP contribution is -2.08. The largest absolute Gasteiger partial charge is 0.374 e. The summed E-state index contributed by atoms with van der Waals surface area (Å²) in [6.45, 7) is 3.29. The van der Waals surface area contributed by atoms with Gasteiger partial charge in [-0.1, -0.05) is 10.3 Å². The number of hydrogen-bond donors (Lipinski definition) is 1. The molecular weight excluding hydrogens is 146 g/mol. The van der Waals surface area contributed by atoms with Crippen LogP contribution in [0.1, 0.15) is 11.4 Å². The van der Waals surface area contributed by atoms with E-state index in [9.17, 15) is 0 Å². The predicted octanol–water partition coefficient (Wildman–Crippen LogP) is -0.147. The van der Waals surface area contributed by atoms with Crippen molar-refractivity contribution in [2.75, 3.05) is 13.2 Å². The van der Waals surface area contributed by atoms with E-state index >= 15 is 0 Å². The van der Waals surface area contributed by atoms with Crippen LogP contribution < -0.4 is 5.73 Å². The summed E-state index contributed by atoms with van der Waals surface area (Å²) in [5.41, 5.74) is 6.72. The zero-order chi connectivity index (χ0) is 8.10. The number of aromatic nitrogens is 2. The van der Waals surface area contributed by atoms with Gasteiger partial charge in [-0.2, -0.15) is 0 Å². The highest BCUT2D eigenvalue weighted by atomic mass is 16.6. The van der Waals surface area contributed by atoms with Gasteiger partial charge in [-0.25, -0.2) is 4.63 Å². The van der Waals surface area contributed by atoms with Gasteiger partial charge in [-0.15, -0.1) is 0 Å². The second-order valence-corrected chi connectivity index (χ2v) is 2.14. The van der Waals surface area contributed by atoms with Crippen LogP contribution in [0, 0.1) is 6.92 Å². The summed E-state index contributed by atoms with van der Waals surface area (Å²) in [7, 11) is 0. The lowest BCUT2D eigenvalue weighted by atomic mass is 10.4. The van der Waals surface area contributed by atoms with Crippen LogP contribution in [0.15, 0.2) is 4.63 Å². The average molecular weight is 157 g/mol. The van der Waals surface area contributed by atoms with Gasteiger partial charge in [-0.3, -0.25) is 0 Å². The highest BCUT2D eigenvalue weighted by Crippen LogP contribution is 2.01. The van der Waals surface area contributed by atoms with Gasteiger partial charge >= 0.3 is 0 Å². The Bertz CT molecular complexity index is 211. The summed E-state index contributed by atoms with van der Waals surface area (Å²) >= 11 is 0. The average Bonchev–Trinajstić information content (AvgIpc) is 2.37. The fourth-order valence-corrected chi connectivity index (χ4v) is 0.633. The van der Waals surface area contributed by atoms with Crippen LogP contribution in [-0.2, 0) is 11.3 Å². The van der Waals surface area contributed by atoms with Crippen LogP contribution in [0.3, 0.4) is 0 Å². The van der Waals surface area contributed by atoms with E-state index in [1.807, 2.05) is 6.92 Å². The summed E-state index contributed by atoms with van der Waals surface area (Å²) in [5.74, 6) is 0. The minimum atomic E-state index is 0.423. The lowest BCUT2D eigenvalue weighted by Gasteiger charge is -1.97. The third-order valence-corrected chi connectivity index (χ3v) is 1.25. The molecule has 62 valence electrons. The molecule has 5 heteroatoms. The highest BCUT2D eigenvalue weighted by Gasteiger charge is 2.03. The molecule has 0 atom stereocenters. The molecular formula is C6H11N3O2. The number of rotatable bonds is 4. The van der Waals surface area contributed by atoms with E-state index in [1.165, 1.54) is 0 Å². The molecule has 11 heavy (non-hydrogen) atoms. The summed E-state index contributed by atoms with van der Waals surface area (Å²) in [5, 5.41) is 7.23. The smallest absolute Gasteiger partial charge is 0.133 e. The molecule has 2 N–H and O–H groups in total. The second-order valence-electron chi connectivity index (χ2n) is 2.14. The summed E-state index contributed by atoms with van der Waals surface area (Å²) < 4.78 is 9.59. The normalized spacial score (nSPS) is 10.4. The molecule has 0 aliphatic heterocycles. The fraction of sp³-hybridized carbons (Fsp3) is 0.667. The Morgan fingerprint density at radius 2 is 2.36 bits per heavy atom. The molecule has 0 spiro atoms. The first-order chi connectivity index (χ1) is 5.34. The van der Waals surface area contributed by atoms with E-state index in [0.717, 1.165) is 11.4 Å². The predicted molar refractivity (Wildman–Crippen MR) is 37.7 cm³/mol. The first kappa shape index (κ1) is 8.16. The molecule has 1 aromatic rings. The Labute approximate surface area is 64.5 Å². The molecule has 0 fully saturated rings. The van der Waals surface area contributed by atoms with E-state index < -0.39 is 0 Å². The first-order valence-corrected chi connectivity index (χ1v) is 3.40. The quantitative estimate of drug-likeness (QED) is 0.615. The van der Waals surface area contributed by atoms with Crippen molar-refractivity contribution in [2.24, 2.45) is 5.73 Å². The lowest BCUT2D eigenvalue weighted by molar-refractivity contribution is 0.122. The second kappa shape index (κ2) is 4.05. The number of aryl methyl sites for hydroxylation is 1. The van der Waals surface area contributed by atoms with Gasteiger partial charge < -0.3 is 10.5 Å². The molecule has 0 amide bonds. The van der Waals surface area contributed by atoms with Gasteiger partial charge in [0.25, 0.3) is 0 Å². The molecule has 0 saturated carbocycles. The van der Waals surface area contributed by atoms with Crippen molar-refractivity contribution in [3.63, 3.8) is 0 Å². The van der Waals surface area contributed by atoms with Gasteiger partial charge in [0.2, 0.25) is 0 Å². The Balaban J connectivity index is 2.32. The van der Waals surface area contributed by atoms with Crippen molar-refractivity contribution in [2.45, 2.75) is 13.5 Å². The Kier molecular flexibility index (Phi) is 3.00. The van der Waals surface area contributed by atoms with Crippen molar-refractivity contribution in [1.82, 2.24) is 10.3 Å². The van der Waals surface area contributed by atoms with Crippen LogP contribution >= 0.6 is 0 Å². The van der Waals surface area contributed by atoms with E-state index in [0.29, 0.717) is 19.8 Å². The van der Waals surface area contributed by atoms with Crippen LogP contribution in [-0.4, -0.2) is 23.5 Å². The third kappa shape index (κ3) is 2.28. The van der Waals surface area contributed by atoms with Gasteiger partial charge in [0.05, 0.1) is 13.2 Å². The van der Waals surface area contributed by atoms with E-state index in [2.05, 4.69) is 14.9 Å². The monoisotopic (exact) mass is 157 g/mol. The van der Waals surface area contributed by atoms with E-state index in [-0.39, 0.29) is 0 Å². The Hall–Kier alpha value is -0.940. The van der Waals surface area contributed by atoms with Crippen LogP contribution in [0.5, 0.6) is 0 Å². The Morgan fingerprint density at radius 3 is 2.91 bits per heavy atom. The molecule has 1 aromatic heterocycles. The van der Waals surface area contributed by atoms with Crippen LogP contribution in [0.2, 0.25) is 0 Å². The molecule has 0 aliphatic rings. The van der Waals surface area contributed by atoms with Crippen molar-refractivity contribution in [1.29, 1.82) is 0 Å². The maximum Gasteiger partial charge on any atom is 0.133 e. The zero-order valence-electron chi connectivity index (χ0n) is 6.41. The minimum absolute atomic E-state index is 0.423. The van der Waals surface area contributed by atoms with Crippen molar-refractivity contribution < 1.29 is 9.37 Å². The molecule has 0 bridgehead atoms. The summed E-state index contributed by atoms with van der Waals surface area (Å²) in [6.07, 6.45) is 0. The maximum absolute atomic E-state index is 5.22. The topological polar surface area (TPSA) is 74.2 Å². The molecule has 0 unspecified atom stereocenters. The Morgan fingerprint density at radius 1 is 1.55 bits per heavy atom. The van der Waals surface area contributed by atoms with Crippen LogP contribution in [0.4, 0.5) is 0 Å². The number of hydrogen-bond acceptors (Lipinski definition) is 5. The molecule has 0 saturated heterocycles. The molecule has 5 nitrogen and oxygen atoms in total. The van der Waals surface area contributed by atoms with Gasteiger partial charge in [0.15, 0.2) is 0 Å². The summed E-state index contributed by atoms with van der Waals surface area (Å²) in [6, 6.07) is 0. The molecule has 0 aliphatic carbocycles. The standard InChI is InChI=1S/C6H11N3O2/c1-5-6(9-11-8-5)4-10-3-2-7/h2-4,7H2,1H3. The molecule has 0 aromatic carbocycles. The minimum Gasteiger partial charge on any atom is -0.374 e. The third-order valence-electron chi connectivity index (χ3n) is 1.25. The van der Waals surface area contributed by atoms with Crippen molar-refractivity contribution in [3.8, 4) is 0 Å². The SMILES string of the molecule is Cc1nonc1COCCN. The highest BCUT2D eigenvalue weighted by molar-refractivity contribution is 5.02.